The molecule has 0 saturated carbocycles. The summed E-state index contributed by atoms with van der Waals surface area (Å²) < 4.78 is 1.03. The molecule has 3 amide bonds. The minimum Gasteiger partial charge on any atom is -0.325 e. The van der Waals surface area contributed by atoms with Gasteiger partial charge in [0.2, 0.25) is 17.7 Å². The highest BCUT2D eigenvalue weighted by Crippen LogP contribution is 2.69. The number of rotatable bonds is 3. The molecule has 3 aromatic carbocycles. The number of nitrogens with zero attached hydrogens (tertiary/aromatic N) is 1. The van der Waals surface area contributed by atoms with Gasteiger partial charge in [0.25, 0.3) is 0 Å². The van der Waals surface area contributed by atoms with Crippen LogP contribution in [0.4, 0.5) is 5.69 Å². The fourth-order valence-corrected chi connectivity index (χ4v) is 7.22. The third-order valence-electron chi connectivity index (χ3n) is 7.11. The Balaban J connectivity index is 1.42. The van der Waals surface area contributed by atoms with E-state index in [2.05, 4.69) is 27.9 Å². The van der Waals surface area contributed by atoms with Crippen LogP contribution in [0.1, 0.15) is 22.3 Å². The second kappa shape index (κ2) is 7.54. The Morgan fingerprint density at radius 3 is 1.62 bits per heavy atom. The lowest BCUT2D eigenvalue weighted by Crippen LogP contribution is -2.57. The first kappa shape index (κ1) is 22.1. The van der Waals surface area contributed by atoms with Crippen molar-refractivity contribution in [1.82, 2.24) is 4.90 Å². The highest BCUT2D eigenvalue weighted by atomic mass is 127. The summed E-state index contributed by atoms with van der Waals surface area (Å²) in [6, 6.07) is 22.2. The van der Waals surface area contributed by atoms with Gasteiger partial charge >= 0.3 is 0 Å². The average molecular weight is 603 g/mol. The lowest BCUT2D eigenvalue weighted by atomic mass is 9.54. The van der Waals surface area contributed by atoms with Crippen LogP contribution in [0.25, 0.3) is 0 Å². The molecule has 1 N–H and O–H groups in total. The van der Waals surface area contributed by atoms with Gasteiger partial charge in [0, 0.05) is 9.26 Å². The van der Waals surface area contributed by atoms with Crippen molar-refractivity contribution in [3.63, 3.8) is 0 Å². The third-order valence-corrected chi connectivity index (χ3v) is 9.11. The number of benzene rings is 3. The Hall–Kier alpha value is -2.42. The van der Waals surface area contributed by atoms with Gasteiger partial charge in [-0.15, -0.1) is 23.2 Å². The number of hydrogen-bond acceptors (Lipinski definition) is 3. The van der Waals surface area contributed by atoms with Crippen LogP contribution in [0.5, 0.6) is 0 Å². The number of hydrogen-bond donors (Lipinski definition) is 1. The molecule has 4 aliphatic rings. The lowest BCUT2D eigenvalue weighted by Gasteiger charge is -2.54. The number of amides is 3. The maximum Gasteiger partial charge on any atom is 0.244 e. The number of anilines is 1. The molecule has 7 rings (SSSR count). The monoisotopic (exact) mass is 602 g/mol. The van der Waals surface area contributed by atoms with Gasteiger partial charge in [-0.2, -0.15) is 0 Å². The van der Waals surface area contributed by atoms with Crippen molar-refractivity contribution in [2.45, 2.75) is 9.75 Å². The molecule has 0 aromatic heterocycles. The zero-order chi connectivity index (χ0) is 23.8. The molecule has 0 spiro atoms. The van der Waals surface area contributed by atoms with Gasteiger partial charge in [-0.25, -0.2) is 0 Å². The lowest BCUT2D eigenvalue weighted by molar-refractivity contribution is -0.142. The molecule has 5 nitrogen and oxygen atoms in total. The summed E-state index contributed by atoms with van der Waals surface area (Å²) in [7, 11) is 0. The van der Waals surface area contributed by atoms with E-state index in [1.807, 2.05) is 60.7 Å². The van der Waals surface area contributed by atoms with Gasteiger partial charge in [0.05, 0.1) is 11.8 Å². The van der Waals surface area contributed by atoms with Crippen molar-refractivity contribution in [2.24, 2.45) is 11.8 Å². The molecule has 8 heteroatoms. The summed E-state index contributed by atoms with van der Waals surface area (Å²) in [6.45, 7) is -0.400. The first-order chi connectivity index (χ1) is 16.3. The van der Waals surface area contributed by atoms with Gasteiger partial charge in [-0.3, -0.25) is 19.3 Å². The van der Waals surface area contributed by atoms with Crippen LogP contribution in [0.2, 0.25) is 0 Å². The van der Waals surface area contributed by atoms with Gasteiger partial charge in [-0.1, -0.05) is 48.5 Å². The van der Waals surface area contributed by atoms with E-state index in [0.717, 1.165) is 30.7 Å². The highest BCUT2D eigenvalue weighted by Gasteiger charge is 2.73. The van der Waals surface area contributed by atoms with Crippen molar-refractivity contribution in [3.8, 4) is 0 Å². The fourth-order valence-electron chi connectivity index (χ4n) is 5.76. The normalized spacial score (nSPS) is 28.4. The van der Waals surface area contributed by atoms with E-state index >= 15 is 0 Å². The number of imide groups is 1. The maximum absolute atomic E-state index is 13.7. The van der Waals surface area contributed by atoms with E-state index in [1.54, 1.807) is 12.1 Å². The summed E-state index contributed by atoms with van der Waals surface area (Å²) in [5.41, 5.74) is 3.52. The minimum absolute atomic E-state index is 0.400. The van der Waals surface area contributed by atoms with Crippen LogP contribution in [0, 0.1) is 15.4 Å². The minimum atomic E-state index is -1.25. The Morgan fingerprint density at radius 1 is 0.794 bits per heavy atom. The molecule has 1 aliphatic heterocycles. The molecule has 1 fully saturated rings. The van der Waals surface area contributed by atoms with Crippen LogP contribution in [0.15, 0.2) is 72.8 Å². The second-order valence-corrected chi connectivity index (χ2v) is 11.2. The Labute approximate surface area is 219 Å². The van der Waals surface area contributed by atoms with E-state index in [9.17, 15) is 14.4 Å². The van der Waals surface area contributed by atoms with Crippen LogP contribution >= 0.6 is 45.8 Å². The number of likely N-dealkylation sites (tertiary alicyclic amines) is 1. The quantitative estimate of drug-likeness (QED) is 0.266. The summed E-state index contributed by atoms with van der Waals surface area (Å²) in [5, 5.41) is 2.76. The largest absolute Gasteiger partial charge is 0.325 e. The summed E-state index contributed by atoms with van der Waals surface area (Å²) in [5.74, 6) is -3.23. The molecule has 34 heavy (non-hydrogen) atoms. The Bertz CT molecular complexity index is 1270. The number of nitrogens with one attached hydrogen (secondary N) is 1. The van der Waals surface area contributed by atoms with Gasteiger partial charge < -0.3 is 5.32 Å². The predicted octanol–water partition coefficient (Wildman–Crippen LogP) is 4.82. The molecule has 1 saturated heterocycles. The van der Waals surface area contributed by atoms with E-state index < -0.39 is 45.9 Å². The van der Waals surface area contributed by atoms with Gasteiger partial charge in [0.1, 0.15) is 16.3 Å². The van der Waals surface area contributed by atoms with Crippen LogP contribution in [-0.2, 0) is 24.1 Å². The van der Waals surface area contributed by atoms with E-state index in [-0.39, 0.29) is 0 Å². The number of carbonyl (C=O) groups excluding carboxylic acids is 3. The molecule has 2 bridgehead atoms. The third kappa shape index (κ3) is 2.76. The molecule has 170 valence electrons. The number of carbonyl (C=O) groups is 3. The predicted molar refractivity (Wildman–Crippen MR) is 138 cm³/mol. The van der Waals surface area contributed by atoms with Gasteiger partial charge in [0.15, 0.2) is 0 Å². The van der Waals surface area contributed by atoms with E-state index in [1.165, 1.54) is 0 Å². The highest BCUT2D eigenvalue weighted by molar-refractivity contribution is 14.1. The molecular weight excluding hydrogens is 586 g/mol. The summed E-state index contributed by atoms with van der Waals surface area (Å²) >= 11 is 16.9. The molecule has 1 heterocycles. The van der Waals surface area contributed by atoms with Crippen molar-refractivity contribution < 1.29 is 14.4 Å². The number of halogens is 3. The van der Waals surface area contributed by atoms with Crippen LogP contribution in [-0.4, -0.2) is 29.2 Å². The van der Waals surface area contributed by atoms with Crippen molar-refractivity contribution in [1.29, 1.82) is 0 Å². The first-order valence-electron chi connectivity index (χ1n) is 10.8. The first-order valence-corrected chi connectivity index (χ1v) is 12.6. The Kier molecular flexibility index (Phi) is 4.89. The fraction of sp³-hybridized carbons (Fsp3) is 0.192. The smallest absolute Gasteiger partial charge is 0.244 e. The molecule has 0 radical (unpaired) electrons. The molecular formula is C26H17Cl2IN2O3. The average Bonchev–Trinajstić information content (AvgIpc) is 3.10. The summed E-state index contributed by atoms with van der Waals surface area (Å²) in [6.07, 6.45) is 0. The second-order valence-electron chi connectivity index (χ2n) is 8.79. The molecule has 3 aromatic rings. The van der Waals surface area contributed by atoms with E-state index in [4.69, 9.17) is 23.2 Å². The topological polar surface area (TPSA) is 66.5 Å². The van der Waals surface area contributed by atoms with Crippen molar-refractivity contribution in [3.05, 3.63) is 98.6 Å². The molecule has 0 unspecified atom stereocenters. The zero-order valence-electron chi connectivity index (χ0n) is 17.6. The van der Waals surface area contributed by atoms with E-state index in [0.29, 0.717) is 5.69 Å². The molecule has 3 aliphatic carbocycles. The van der Waals surface area contributed by atoms with Gasteiger partial charge in [-0.05, 0) is 69.1 Å². The SMILES string of the molecule is O=C(CN1C(=O)[C@@H]2[C@H](C1=O)C1(Cl)c3ccccc3C2(Cl)c2ccccc21)Nc1ccc(I)cc1. The maximum atomic E-state index is 13.7. The number of alkyl halides is 2. The van der Waals surface area contributed by atoms with Crippen LogP contribution < -0.4 is 5.32 Å². The zero-order valence-corrected chi connectivity index (χ0v) is 21.3. The Morgan fingerprint density at radius 2 is 1.21 bits per heavy atom. The summed E-state index contributed by atoms with van der Waals surface area (Å²) in [4.78, 5) is 38.8. The van der Waals surface area contributed by atoms with Crippen molar-refractivity contribution in [2.75, 3.05) is 11.9 Å². The van der Waals surface area contributed by atoms with Crippen molar-refractivity contribution >= 4 is 69.2 Å². The standard InChI is InChI=1S/C26H17Cl2IN2O3/c27-25-16-5-1-2-6-17(16)26(28,19-8-4-3-7-18(19)25)22-21(25)23(33)31(24(22)34)13-20(32)30-15-11-9-14(29)10-12-15/h1-12,21-22H,13H2,(H,30,32)/t21-,22+,25?,26?. The molecule has 2 atom stereocenters. The van der Waals surface area contributed by atoms with Crippen LogP contribution in [0.3, 0.4) is 0 Å².